The molecule has 0 radical (unpaired) electrons. The Balaban J connectivity index is 2.33. The van der Waals surface area contributed by atoms with E-state index in [1.807, 2.05) is 5.43 Å². The van der Waals surface area contributed by atoms with Gasteiger partial charge in [0.05, 0.1) is 5.02 Å². The summed E-state index contributed by atoms with van der Waals surface area (Å²) in [5.74, 6) is 4.74. The van der Waals surface area contributed by atoms with Crippen LogP contribution >= 0.6 is 23.4 Å². The molecule has 0 spiro atoms. The third kappa shape index (κ3) is 3.71. The highest BCUT2D eigenvalue weighted by Gasteiger charge is 2.33. The first-order chi connectivity index (χ1) is 9.38. The number of alkyl halides is 3. The minimum Gasteiger partial charge on any atom is -0.292 e. The van der Waals surface area contributed by atoms with E-state index in [4.69, 9.17) is 17.4 Å². The van der Waals surface area contributed by atoms with E-state index in [1.54, 1.807) is 12.1 Å². The molecule has 20 heavy (non-hydrogen) atoms. The van der Waals surface area contributed by atoms with E-state index in [2.05, 4.69) is 15.0 Å². The molecule has 3 N–H and O–H groups in total. The van der Waals surface area contributed by atoms with Crippen molar-refractivity contribution in [2.45, 2.75) is 16.2 Å². The van der Waals surface area contributed by atoms with Gasteiger partial charge in [0.15, 0.2) is 5.69 Å². The summed E-state index contributed by atoms with van der Waals surface area (Å²) in [5, 5.41) is 0.941. The molecule has 0 aliphatic carbocycles. The van der Waals surface area contributed by atoms with Gasteiger partial charge in [-0.3, -0.25) is 5.43 Å². The van der Waals surface area contributed by atoms with Gasteiger partial charge in [0.25, 0.3) is 0 Å². The van der Waals surface area contributed by atoms with Gasteiger partial charge in [-0.2, -0.15) is 13.2 Å². The lowest BCUT2D eigenvalue weighted by Crippen LogP contribution is -2.15. The lowest BCUT2D eigenvalue weighted by molar-refractivity contribution is -0.141. The molecule has 0 fully saturated rings. The average molecular weight is 322 g/mol. The molecule has 2 heterocycles. The number of pyridine rings is 1. The monoisotopic (exact) mass is 321 g/mol. The fraction of sp³-hybridized carbons (Fsp3) is 0.100. The van der Waals surface area contributed by atoms with Gasteiger partial charge in [0.2, 0.25) is 5.95 Å². The Kier molecular flexibility index (Phi) is 4.31. The minimum atomic E-state index is -4.59. The van der Waals surface area contributed by atoms with E-state index in [9.17, 15) is 13.2 Å². The van der Waals surface area contributed by atoms with E-state index in [0.717, 1.165) is 17.8 Å². The number of nitrogens with two attached hydrogens (primary N) is 1. The second kappa shape index (κ2) is 5.81. The third-order valence-corrected chi connectivity index (χ3v) is 3.12. The van der Waals surface area contributed by atoms with E-state index >= 15 is 0 Å². The number of aromatic nitrogens is 3. The van der Waals surface area contributed by atoms with Gasteiger partial charge in [0, 0.05) is 12.3 Å². The summed E-state index contributed by atoms with van der Waals surface area (Å²) in [7, 11) is 0. The topological polar surface area (TPSA) is 76.7 Å². The number of hydrazine groups is 1. The molecule has 2 rings (SSSR count). The molecule has 0 bridgehead atoms. The van der Waals surface area contributed by atoms with Crippen LogP contribution in [-0.2, 0) is 6.18 Å². The van der Waals surface area contributed by atoms with E-state index < -0.39 is 11.9 Å². The quantitative estimate of drug-likeness (QED) is 0.514. The molecule has 0 aliphatic heterocycles. The Labute approximate surface area is 120 Å². The Hall–Kier alpha value is -1.58. The summed E-state index contributed by atoms with van der Waals surface area (Å²) in [5.41, 5.74) is 0.911. The number of nitrogen functional groups attached to an aromatic ring is 1. The van der Waals surface area contributed by atoms with Crippen LogP contribution in [0, 0.1) is 0 Å². The molecular weight excluding hydrogens is 315 g/mol. The first-order valence-corrected chi connectivity index (χ1v) is 6.30. The highest BCUT2D eigenvalue weighted by atomic mass is 35.5. The zero-order valence-electron chi connectivity index (χ0n) is 9.65. The van der Waals surface area contributed by atoms with Gasteiger partial charge < -0.3 is 0 Å². The summed E-state index contributed by atoms with van der Waals surface area (Å²) in [6.07, 6.45) is -3.20. The van der Waals surface area contributed by atoms with Crippen LogP contribution in [-0.4, -0.2) is 15.0 Å². The van der Waals surface area contributed by atoms with Gasteiger partial charge in [-0.1, -0.05) is 11.6 Å². The molecule has 0 aromatic carbocycles. The second-order valence-corrected chi connectivity index (χ2v) is 4.95. The first-order valence-electron chi connectivity index (χ1n) is 5.11. The van der Waals surface area contributed by atoms with Crippen LogP contribution < -0.4 is 11.3 Å². The molecule has 0 aliphatic rings. The van der Waals surface area contributed by atoms with Crippen molar-refractivity contribution in [2.75, 3.05) is 5.43 Å². The fourth-order valence-electron chi connectivity index (χ4n) is 1.22. The number of rotatable bonds is 3. The maximum Gasteiger partial charge on any atom is 0.433 e. The van der Waals surface area contributed by atoms with Crippen LogP contribution in [0.3, 0.4) is 0 Å². The van der Waals surface area contributed by atoms with E-state index in [-0.39, 0.29) is 11.0 Å². The van der Waals surface area contributed by atoms with E-state index in [1.165, 1.54) is 6.20 Å². The van der Waals surface area contributed by atoms with Crippen LogP contribution in [0.5, 0.6) is 0 Å². The molecule has 2 aromatic heterocycles. The zero-order chi connectivity index (χ0) is 14.8. The Morgan fingerprint density at radius 3 is 2.50 bits per heavy atom. The predicted molar refractivity (Wildman–Crippen MR) is 68.2 cm³/mol. The summed E-state index contributed by atoms with van der Waals surface area (Å²) >= 11 is 6.61. The van der Waals surface area contributed by atoms with Crippen LogP contribution in [0.25, 0.3) is 0 Å². The zero-order valence-corrected chi connectivity index (χ0v) is 11.2. The number of nitrogens with zero attached hydrogens (tertiary/aromatic N) is 3. The van der Waals surface area contributed by atoms with Crippen LogP contribution in [0.15, 0.2) is 34.4 Å². The normalized spacial score (nSPS) is 11.4. The highest BCUT2D eigenvalue weighted by Crippen LogP contribution is 2.32. The average Bonchev–Trinajstić information content (AvgIpc) is 2.40. The van der Waals surface area contributed by atoms with Crippen molar-refractivity contribution in [1.82, 2.24) is 15.0 Å². The van der Waals surface area contributed by atoms with Crippen LogP contribution in [0.4, 0.5) is 19.1 Å². The molecule has 2 aromatic rings. The summed E-state index contributed by atoms with van der Waals surface area (Å²) in [6, 6.07) is 3.96. The van der Waals surface area contributed by atoms with E-state index in [0.29, 0.717) is 10.0 Å². The molecule has 0 atom stereocenters. The molecule has 10 heteroatoms. The standard InChI is InChI=1S/C10H7ClF3N5S/c11-5-1-2-7(16-4-5)20-8-3-6(10(12,13)14)17-9(18-8)19-15/h1-4H,15H2,(H,17,18,19). The Morgan fingerprint density at radius 1 is 1.20 bits per heavy atom. The van der Waals surface area contributed by atoms with Crippen molar-refractivity contribution in [3.8, 4) is 0 Å². The molecular formula is C10H7ClF3N5S. The largest absolute Gasteiger partial charge is 0.433 e. The maximum atomic E-state index is 12.7. The van der Waals surface area contributed by atoms with Crippen molar-refractivity contribution < 1.29 is 13.2 Å². The number of nitrogens with one attached hydrogen (secondary N) is 1. The molecule has 106 valence electrons. The van der Waals surface area contributed by atoms with Crippen LogP contribution in [0.2, 0.25) is 5.02 Å². The molecule has 0 amide bonds. The Bertz CT molecular complexity index is 605. The summed E-state index contributed by atoms with van der Waals surface area (Å²) in [4.78, 5) is 11.0. The van der Waals surface area contributed by atoms with Crippen molar-refractivity contribution in [2.24, 2.45) is 5.84 Å². The molecule has 0 saturated carbocycles. The number of anilines is 1. The SMILES string of the molecule is NNc1nc(Sc2ccc(Cl)cn2)cc(C(F)(F)F)n1. The summed E-state index contributed by atoms with van der Waals surface area (Å²) in [6.45, 7) is 0. The highest BCUT2D eigenvalue weighted by molar-refractivity contribution is 7.99. The maximum absolute atomic E-state index is 12.7. The number of halogens is 4. The van der Waals surface area contributed by atoms with Gasteiger partial charge >= 0.3 is 6.18 Å². The predicted octanol–water partition coefficient (Wildman–Crippen LogP) is 2.98. The van der Waals surface area contributed by atoms with Crippen molar-refractivity contribution in [3.05, 3.63) is 35.1 Å². The lowest BCUT2D eigenvalue weighted by atomic mass is 10.4. The third-order valence-electron chi connectivity index (χ3n) is 2.03. The van der Waals surface area contributed by atoms with Gasteiger partial charge in [-0.15, -0.1) is 0 Å². The lowest BCUT2D eigenvalue weighted by Gasteiger charge is -2.09. The van der Waals surface area contributed by atoms with Gasteiger partial charge in [0.1, 0.15) is 10.1 Å². The molecule has 5 nitrogen and oxygen atoms in total. The summed E-state index contributed by atoms with van der Waals surface area (Å²) < 4.78 is 38.0. The van der Waals surface area contributed by atoms with Crippen LogP contribution in [0.1, 0.15) is 5.69 Å². The van der Waals surface area contributed by atoms with Gasteiger partial charge in [-0.05, 0) is 23.9 Å². The van der Waals surface area contributed by atoms with Crippen molar-refractivity contribution >= 4 is 29.3 Å². The Morgan fingerprint density at radius 2 is 1.95 bits per heavy atom. The minimum absolute atomic E-state index is 0.0649. The molecule has 0 unspecified atom stereocenters. The number of hydrogen-bond acceptors (Lipinski definition) is 6. The first kappa shape index (κ1) is 14.8. The second-order valence-electron chi connectivity index (χ2n) is 3.47. The number of hydrogen-bond donors (Lipinski definition) is 2. The molecule has 0 saturated heterocycles. The smallest absolute Gasteiger partial charge is 0.292 e. The van der Waals surface area contributed by atoms with Gasteiger partial charge in [-0.25, -0.2) is 20.8 Å². The fourth-order valence-corrected chi connectivity index (χ4v) is 2.09. The van der Waals surface area contributed by atoms with Crippen molar-refractivity contribution in [3.63, 3.8) is 0 Å². The van der Waals surface area contributed by atoms with Crippen molar-refractivity contribution in [1.29, 1.82) is 0 Å².